The molecule has 0 spiro atoms. The summed E-state index contributed by atoms with van der Waals surface area (Å²) in [5.74, 6) is 1.40. The van der Waals surface area contributed by atoms with Crippen LogP contribution >= 0.6 is 0 Å². The lowest BCUT2D eigenvalue weighted by Gasteiger charge is -2.40. The highest BCUT2D eigenvalue weighted by atomic mass is 15.2. The summed E-state index contributed by atoms with van der Waals surface area (Å²) < 4.78 is 2.62. The van der Waals surface area contributed by atoms with Gasteiger partial charge in [-0.05, 0) is 101 Å². The molecule has 0 amide bonds. The minimum Gasteiger partial charge on any atom is -0.336 e. The number of fused-ring (bicyclic) bond motifs is 6. The Morgan fingerprint density at radius 1 is 0.780 bits per heavy atom. The van der Waals surface area contributed by atoms with Gasteiger partial charge < -0.3 is 9.47 Å². The third kappa shape index (κ3) is 4.90. The van der Waals surface area contributed by atoms with Crippen LogP contribution < -0.4 is 4.90 Å². The van der Waals surface area contributed by atoms with E-state index in [0.717, 1.165) is 19.3 Å². The normalized spacial score (nSPS) is 26.1. The molecular formula is C48H48N2. The summed E-state index contributed by atoms with van der Waals surface area (Å²) in [6.45, 7) is 11.9. The van der Waals surface area contributed by atoms with Crippen molar-refractivity contribution in [2.24, 2.45) is 17.8 Å². The molecule has 0 N–H and O–H groups in total. The maximum absolute atomic E-state index is 2.62. The largest absolute Gasteiger partial charge is 0.336 e. The summed E-state index contributed by atoms with van der Waals surface area (Å²) in [6.07, 6.45) is 27.1. The SMILES string of the molecule is CC1C=CC(N(c2ccc(C3=Cc4c(n(C5C=CC=CC5C)c5ccccc45)CC3)cc2)C2C=C3C(=CC2C)c2ccccc2C3(C)C)=CC1. The van der Waals surface area contributed by atoms with Gasteiger partial charge in [0.2, 0.25) is 0 Å². The fourth-order valence-electron chi connectivity index (χ4n) is 9.44. The number of benzene rings is 3. The fourth-order valence-corrected chi connectivity index (χ4v) is 9.44. The van der Waals surface area contributed by atoms with E-state index in [0.29, 0.717) is 23.8 Å². The molecule has 5 aliphatic rings. The molecule has 0 saturated heterocycles. The average molecular weight is 653 g/mol. The van der Waals surface area contributed by atoms with Gasteiger partial charge in [-0.1, -0.05) is 138 Å². The van der Waals surface area contributed by atoms with Gasteiger partial charge in [0, 0.05) is 39.0 Å². The Morgan fingerprint density at radius 2 is 1.56 bits per heavy atom. The Hall–Kier alpha value is -4.82. The molecule has 2 nitrogen and oxygen atoms in total. The van der Waals surface area contributed by atoms with Gasteiger partial charge in [0.1, 0.15) is 0 Å². The van der Waals surface area contributed by atoms with E-state index in [9.17, 15) is 0 Å². The molecule has 0 radical (unpaired) electrons. The van der Waals surface area contributed by atoms with Crippen molar-refractivity contribution in [2.45, 2.75) is 71.4 Å². The number of hydrogen-bond donors (Lipinski definition) is 0. The second-order valence-corrected chi connectivity index (χ2v) is 15.8. The van der Waals surface area contributed by atoms with E-state index in [1.807, 2.05) is 0 Å². The predicted molar refractivity (Wildman–Crippen MR) is 213 cm³/mol. The number of aromatic nitrogens is 1. The van der Waals surface area contributed by atoms with E-state index in [-0.39, 0.29) is 11.5 Å². The van der Waals surface area contributed by atoms with E-state index < -0.39 is 0 Å². The van der Waals surface area contributed by atoms with Crippen molar-refractivity contribution < 1.29 is 0 Å². The highest BCUT2D eigenvalue weighted by Crippen LogP contribution is 2.53. The Bertz CT molecular complexity index is 2220. The summed E-state index contributed by atoms with van der Waals surface area (Å²) in [6, 6.07) is 28.1. The van der Waals surface area contributed by atoms with Crippen LogP contribution in [0.15, 0.2) is 139 Å². The van der Waals surface area contributed by atoms with E-state index in [1.54, 1.807) is 0 Å². The van der Waals surface area contributed by atoms with Crippen molar-refractivity contribution in [1.82, 2.24) is 4.57 Å². The molecule has 0 aliphatic heterocycles. The van der Waals surface area contributed by atoms with Gasteiger partial charge in [0.05, 0.1) is 12.1 Å². The van der Waals surface area contributed by atoms with Gasteiger partial charge in [-0.15, -0.1) is 0 Å². The minimum absolute atomic E-state index is 0.0148. The zero-order valence-corrected chi connectivity index (χ0v) is 30.1. The number of rotatable bonds is 5. The van der Waals surface area contributed by atoms with Crippen LogP contribution in [0.5, 0.6) is 0 Å². The molecule has 4 aromatic rings. The second-order valence-electron chi connectivity index (χ2n) is 15.8. The molecule has 5 atom stereocenters. The molecule has 50 heavy (non-hydrogen) atoms. The predicted octanol–water partition coefficient (Wildman–Crippen LogP) is 12.0. The summed E-state index contributed by atoms with van der Waals surface area (Å²) in [4.78, 5) is 2.62. The molecular weight excluding hydrogens is 605 g/mol. The van der Waals surface area contributed by atoms with Gasteiger partial charge in [0.15, 0.2) is 0 Å². The molecule has 1 aromatic heterocycles. The lowest BCUT2D eigenvalue weighted by Crippen LogP contribution is -2.39. The van der Waals surface area contributed by atoms with Crippen molar-refractivity contribution in [1.29, 1.82) is 0 Å². The molecule has 0 fully saturated rings. The van der Waals surface area contributed by atoms with Crippen LogP contribution in [0, 0.1) is 17.8 Å². The quantitative estimate of drug-likeness (QED) is 0.208. The highest BCUT2D eigenvalue weighted by molar-refractivity contribution is 5.98. The third-order valence-electron chi connectivity index (χ3n) is 12.2. The van der Waals surface area contributed by atoms with Gasteiger partial charge >= 0.3 is 0 Å². The van der Waals surface area contributed by atoms with Crippen molar-refractivity contribution in [3.05, 3.63) is 167 Å². The molecule has 0 bridgehead atoms. The Morgan fingerprint density at radius 3 is 2.36 bits per heavy atom. The summed E-state index contributed by atoms with van der Waals surface area (Å²) in [5.41, 5.74) is 15.3. The van der Waals surface area contributed by atoms with Crippen LogP contribution in [0.25, 0.3) is 28.1 Å². The zero-order valence-electron chi connectivity index (χ0n) is 30.1. The van der Waals surface area contributed by atoms with Crippen molar-refractivity contribution >= 4 is 33.8 Å². The molecule has 2 heteroatoms. The smallest absolute Gasteiger partial charge is 0.0588 e. The van der Waals surface area contributed by atoms with Crippen molar-refractivity contribution in [3.63, 3.8) is 0 Å². The van der Waals surface area contributed by atoms with Crippen LogP contribution in [-0.2, 0) is 11.8 Å². The highest BCUT2D eigenvalue weighted by Gasteiger charge is 2.42. The van der Waals surface area contributed by atoms with E-state index in [4.69, 9.17) is 0 Å². The molecule has 0 saturated carbocycles. The first-order valence-electron chi connectivity index (χ1n) is 18.8. The van der Waals surface area contributed by atoms with E-state index in [1.165, 1.54) is 67.0 Å². The summed E-state index contributed by atoms with van der Waals surface area (Å²) in [7, 11) is 0. The fraction of sp³-hybridized carbons (Fsp3) is 0.292. The molecule has 3 aromatic carbocycles. The summed E-state index contributed by atoms with van der Waals surface area (Å²) in [5, 5.41) is 1.37. The number of nitrogens with zero attached hydrogens (tertiary/aromatic N) is 2. The zero-order chi connectivity index (χ0) is 34.1. The Kier molecular flexibility index (Phi) is 7.42. The molecule has 1 heterocycles. The topological polar surface area (TPSA) is 8.17 Å². The van der Waals surface area contributed by atoms with E-state index >= 15 is 0 Å². The lowest BCUT2D eigenvalue weighted by atomic mass is 9.77. The van der Waals surface area contributed by atoms with Gasteiger partial charge in [-0.25, -0.2) is 0 Å². The second kappa shape index (κ2) is 11.9. The van der Waals surface area contributed by atoms with Gasteiger partial charge in [-0.3, -0.25) is 0 Å². The van der Waals surface area contributed by atoms with Gasteiger partial charge in [-0.2, -0.15) is 0 Å². The van der Waals surface area contributed by atoms with Crippen LogP contribution in [0.4, 0.5) is 5.69 Å². The van der Waals surface area contributed by atoms with Crippen LogP contribution in [-0.4, -0.2) is 10.6 Å². The standard InChI is InChI=1S/C48H48N2/c1-31-18-23-36(24-19-31)49(47-30-43-40(28-33(47)3)38-13-7-9-15-42(38)48(43,4)5)37-25-20-34(21-26-37)35-22-27-46-41(29-35)39-14-8-11-17-45(39)50(46)44-16-10-6-12-32(44)2/h6-18,20-21,23-26,28-33,44,47H,19,22,27H2,1-5H3. The van der Waals surface area contributed by atoms with Crippen molar-refractivity contribution in [3.8, 4) is 0 Å². The summed E-state index contributed by atoms with van der Waals surface area (Å²) >= 11 is 0. The molecule has 5 unspecified atom stereocenters. The molecule has 9 rings (SSSR count). The van der Waals surface area contributed by atoms with Crippen LogP contribution in [0.3, 0.4) is 0 Å². The first-order chi connectivity index (χ1) is 24.3. The number of hydrogen-bond acceptors (Lipinski definition) is 1. The first kappa shape index (κ1) is 31.2. The van der Waals surface area contributed by atoms with E-state index in [2.05, 4.69) is 178 Å². The van der Waals surface area contributed by atoms with Crippen molar-refractivity contribution in [2.75, 3.05) is 4.90 Å². The number of anilines is 1. The average Bonchev–Trinajstić information content (AvgIpc) is 3.57. The molecule has 5 aliphatic carbocycles. The monoisotopic (exact) mass is 652 g/mol. The molecule has 250 valence electrons. The first-order valence-corrected chi connectivity index (χ1v) is 18.8. The number of allylic oxidation sites excluding steroid dienone is 10. The minimum atomic E-state index is -0.0148. The van der Waals surface area contributed by atoms with Gasteiger partial charge in [0.25, 0.3) is 0 Å². The number of para-hydroxylation sites is 1. The lowest BCUT2D eigenvalue weighted by molar-refractivity contribution is 0.484. The Labute approximate surface area is 298 Å². The van der Waals surface area contributed by atoms with Crippen LogP contribution in [0.1, 0.15) is 81.4 Å². The Balaban J connectivity index is 1.09. The third-order valence-corrected chi connectivity index (χ3v) is 12.2. The maximum Gasteiger partial charge on any atom is 0.0588 e. The van der Waals surface area contributed by atoms with Crippen LogP contribution in [0.2, 0.25) is 0 Å². The maximum atomic E-state index is 2.62.